The Balaban J connectivity index is 1.70. The highest BCUT2D eigenvalue weighted by molar-refractivity contribution is 5.71. The van der Waals surface area contributed by atoms with Crippen LogP contribution in [0.2, 0.25) is 0 Å². The molecule has 2 fully saturated rings. The van der Waals surface area contributed by atoms with Gasteiger partial charge in [0, 0.05) is 32.7 Å². The molecule has 0 saturated carbocycles. The number of nitrogens with zero attached hydrogens (tertiary/aromatic N) is 3. The van der Waals surface area contributed by atoms with Gasteiger partial charge in [-0.05, 0) is 44.8 Å². The Morgan fingerprint density at radius 2 is 1.71 bits per heavy atom. The molecule has 2 aliphatic rings. The maximum absolute atomic E-state index is 11.2. The normalized spacial score (nSPS) is 24.8. The molecule has 0 aromatic rings. The van der Waals surface area contributed by atoms with E-state index >= 15 is 0 Å². The van der Waals surface area contributed by atoms with Crippen LogP contribution in [0, 0.1) is 5.92 Å². The minimum Gasteiger partial charge on any atom is -0.390 e. The smallest absolute Gasteiger partial charge is 0.314 e. The van der Waals surface area contributed by atoms with E-state index in [-0.39, 0.29) is 12.1 Å². The van der Waals surface area contributed by atoms with Crippen molar-refractivity contribution in [2.75, 3.05) is 52.4 Å². The number of carbonyl (C=O) groups excluding carboxylic acids is 1. The predicted octanol–water partition coefficient (Wildman–Crippen LogP) is 0.166. The van der Waals surface area contributed by atoms with E-state index in [4.69, 9.17) is 5.73 Å². The fraction of sp³-hybridized carbons (Fsp3) is 0.933. The van der Waals surface area contributed by atoms with Gasteiger partial charge < -0.3 is 20.6 Å². The molecule has 6 heteroatoms. The minimum atomic E-state index is -0.333. The molecular formula is C15H30N4O2. The first-order valence-corrected chi connectivity index (χ1v) is 8.21. The van der Waals surface area contributed by atoms with E-state index in [1.807, 2.05) is 0 Å². The number of amides is 2. The Kier molecular flexibility index (Phi) is 6.26. The Bertz CT molecular complexity index is 332. The number of likely N-dealkylation sites (tertiary alicyclic amines) is 1. The van der Waals surface area contributed by atoms with Crippen molar-refractivity contribution in [3.05, 3.63) is 0 Å². The van der Waals surface area contributed by atoms with E-state index in [9.17, 15) is 9.90 Å². The predicted molar refractivity (Wildman–Crippen MR) is 83.1 cm³/mol. The monoisotopic (exact) mass is 298 g/mol. The molecule has 0 bridgehead atoms. The summed E-state index contributed by atoms with van der Waals surface area (Å²) in [6.45, 7) is 9.10. The maximum atomic E-state index is 11.2. The van der Waals surface area contributed by atoms with Crippen molar-refractivity contribution in [2.45, 2.75) is 32.3 Å². The fourth-order valence-electron chi connectivity index (χ4n) is 3.27. The summed E-state index contributed by atoms with van der Waals surface area (Å²) in [4.78, 5) is 17.5. The molecule has 21 heavy (non-hydrogen) atoms. The summed E-state index contributed by atoms with van der Waals surface area (Å²) >= 11 is 0. The zero-order chi connectivity index (χ0) is 15.2. The topological polar surface area (TPSA) is 73.0 Å². The number of aliphatic hydroxyl groups is 1. The summed E-state index contributed by atoms with van der Waals surface area (Å²) in [5.74, 6) is 0.823. The lowest BCUT2D eigenvalue weighted by Crippen LogP contribution is -2.44. The third-order valence-electron chi connectivity index (χ3n) is 4.71. The van der Waals surface area contributed by atoms with Crippen LogP contribution in [-0.4, -0.2) is 84.3 Å². The van der Waals surface area contributed by atoms with Crippen molar-refractivity contribution in [3.8, 4) is 0 Å². The molecule has 2 amide bonds. The number of nitrogens with two attached hydrogens (primary N) is 1. The number of rotatable bonds is 4. The molecule has 0 aromatic carbocycles. The van der Waals surface area contributed by atoms with Gasteiger partial charge in [-0.2, -0.15) is 0 Å². The van der Waals surface area contributed by atoms with Crippen molar-refractivity contribution in [1.29, 1.82) is 0 Å². The first-order valence-electron chi connectivity index (χ1n) is 8.21. The Morgan fingerprint density at radius 1 is 1.10 bits per heavy atom. The third kappa shape index (κ3) is 5.45. The lowest BCUT2D eigenvalue weighted by Gasteiger charge is -2.33. The summed E-state index contributed by atoms with van der Waals surface area (Å²) in [6, 6.07) is -0.333. The highest BCUT2D eigenvalue weighted by atomic mass is 16.3. The lowest BCUT2D eigenvalue weighted by atomic mass is 9.99. The van der Waals surface area contributed by atoms with Gasteiger partial charge in [-0.3, -0.25) is 4.90 Å². The Labute approximate surface area is 127 Å². The van der Waals surface area contributed by atoms with E-state index < -0.39 is 0 Å². The van der Waals surface area contributed by atoms with E-state index in [1.54, 1.807) is 4.90 Å². The lowest BCUT2D eigenvalue weighted by molar-refractivity contribution is 0.0625. The molecule has 1 atom stereocenters. The first-order chi connectivity index (χ1) is 10.0. The molecule has 0 spiro atoms. The second-order valence-electron chi connectivity index (χ2n) is 6.62. The molecule has 0 aromatic heterocycles. The molecule has 1 unspecified atom stereocenters. The van der Waals surface area contributed by atoms with Gasteiger partial charge in [0.15, 0.2) is 0 Å². The SMILES string of the molecule is CC1CCN(CC(O)CN2CCCN(C(N)=O)CC2)CC1. The quantitative estimate of drug-likeness (QED) is 0.776. The molecule has 6 nitrogen and oxygen atoms in total. The summed E-state index contributed by atoms with van der Waals surface area (Å²) in [7, 11) is 0. The number of carbonyl (C=O) groups is 1. The molecule has 0 radical (unpaired) electrons. The molecule has 122 valence electrons. The number of piperidine rings is 1. The standard InChI is InChI=1S/C15H30N4O2/c1-13-3-7-18(8-4-13)12-14(20)11-17-5-2-6-19(10-9-17)15(16)21/h13-14,20H,2-12H2,1H3,(H2,16,21). The zero-order valence-corrected chi connectivity index (χ0v) is 13.2. The number of hydrogen-bond acceptors (Lipinski definition) is 4. The van der Waals surface area contributed by atoms with Crippen molar-refractivity contribution in [3.63, 3.8) is 0 Å². The highest BCUT2D eigenvalue weighted by Gasteiger charge is 2.22. The maximum Gasteiger partial charge on any atom is 0.314 e. The fourth-order valence-corrected chi connectivity index (χ4v) is 3.27. The third-order valence-corrected chi connectivity index (χ3v) is 4.71. The van der Waals surface area contributed by atoms with Gasteiger partial charge >= 0.3 is 6.03 Å². The van der Waals surface area contributed by atoms with Gasteiger partial charge in [-0.1, -0.05) is 6.92 Å². The zero-order valence-electron chi connectivity index (χ0n) is 13.2. The molecule has 2 heterocycles. The molecule has 3 N–H and O–H groups in total. The summed E-state index contributed by atoms with van der Waals surface area (Å²) < 4.78 is 0. The minimum absolute atomic E-state index is 0.307. The van der Waals surface area contributed by atoms with Gasteiger partial charge in [0.2, 0.25) is 0 Å². The van der Waals surface area contributed by atoms with Crippen LogP contribution in [0.25, 0.3) is 0 Å². The molecule has 2 rings (SSSR count). The average Bonchev–Trinajstić information content (AvgIpc) is 2.67. The van der Waals surface area contributed by atoms with Crippen LogP contribution in [0.3, 0.4) is 0 Å². The van der Waals surface area contributed by atoms with Gasteiger partial charge in [0.1, 0.15) is 0 Å². The first kappa shape index (κ1) is 16.5. The number of aliphatic hydroxyl groups excluding tert-OH is 1. The van der Waals surface area contributed by atoms with Crippen molar-refractivity contribution in [1.82, 2.24) is 14.7 Å². The number of urea groups is 1. The highest BCUT2D eigenvalue weighted by Crippen LogP contribution is 2.16. The number of β-amino-alcohol motifs (C(OH)–C–C–N with tert-alkyl or cyclic N) is 1. The van der Waals surface area contributed by atoms with Crippen LogP contribution in [-0.2, 0) is 0 Å². The van der Waals surface area contributed by atoms with Crippen LogP contribution in [0.5, 0.6) is 0 Å². The number of primary amides is 1. The van der Waals surface area contributed by atoms with Gasteiger partial charge in [0.25, 0.3) is 0 Å². The second kappa shape index (κ2) is 7.96. The van der Waals surface area contributed by atoms with Crippen molar-refractivity contribution >= 4 is 6.03 Å². The molecular weight excluding hydrogens is 268 g/mol. The Hall–Kier alpha value is -0.850. The summed E-state index contributed by atoms with van der Waals surface area (Å²) in [5, 5.41) is 10.3. The van der Waals surface area contributed by atoms with E-state index in [0.717, 1.165) is 51.6 Å². The van der Waals surface area contributed by atoms with Gasteiger partial charge in [0.05, 0.1) is 6.10 Å². The van der Waals surface area contributed by atoms with Crippen molar-refractivity contribution in [2.24, 2.45) is 11.7 Å². The molecule has 2 saturated heterocycles. The molecule has 2 aliphatic heterocycles. The largest absolute Gasteiger partial charge is 0.390 e. The van der Waals surface area contributed by atoms with E-state index in [0.29, 0.717) is 13.1 Å². The molecule has 0 aliphatic carbocycles. The average molecular weight is 298 g/mol. The second-order valence-corrected chi connectivity index (χ2v) is 6.62. The van der Waals surface area contributed by atoms with E-state index in [2.05, 4.69) is 16.7 Å². The Morgan fingerprint density at radius 3 is 2.33 bits per heavy atom. The van der Waals surface area contributed by atoms with Crippen LogP contribution in [0.15, 0.2) is 0 Å². The van der Waals surface area contributed by atoms with Crippen LogP contribution in [0.1, 0.15) is 26.2 Å². The van der Waals surface area contributed by atoms with Gasteiger partial charge in [-0.15, -0.1) is 0 Å². The van der Waals surface area contributed by atoms with Crippen LogP contribution in [0.4, 0.5) is 4.79 Å². The van der Waals surface area contributed by atoms with Crippen LogP contribution < -0.4 is 5.73 Å². The van der Waals surface area contributed by atoms with Crippen LogP contribution >= 0.6 is 0 Å². The number of hydrogen-bond donors (Lipinski definition) is 2. The summed E-state index contributed by atoms with van der Waals surface area (Å²) in [6.07, 6.45) is 3.10. The summed E-state index contributed by atoms with van der Waals surface area (Å²) in [5.41, 5.74) is 5.33. The van der Waals surface area contributed by atoms with Crippen molar-refractivity contribution < 1.29 is 9.90 Å². The van der Waals surface area contributed by atoms with Gasteiger partial charge in [-0.25, -0.2) is 4.79 Å². The van der Waals surface area contributed by atoms with E-state index in [1.165, 1.54) is 12.8 Å².